The summed E-state index contributed by atoms with van der Waals surface area (Å²) in [6.07, 6.45) is 1.69. The first-order valence-corrected chi connectivity index (χ1v) is 7.46. The molecular formula is C17H10Cl2N2O2. The number of amides is 1. The van der Waals surface area contributed by atoms with E-state index in [2.05, 4.69) is 10.3 Å². The van der Waals surface area contributed by atoms with Gasteiger partial charge in [0.25, 0.3) is 11.1 Å². The predicted octanol–water partition coefficient (Wildman–Crippen LogP) is 4.52. The number of benzene rings is 2. The van der Waals surface area contributed by atoms with Gasteiger partial charge in [0.05, 0.1) is 21.8 Å². The van der Waals surface area contributed by atoms with Gasteiger partial charge in [0.1, 0.15) is 0 Å². The quantitative estimate of drug-likeness (QED) is 0.710. The number of hydrogen-bond acceptors (Lipinski definition) is 3. The summed E-state index contributed by atoms with van der Waals surface area (Å²) in [5.41, 5.74) is 1.74. The molecule has 4 nitrogen and oxygen atoms in total. The largest absolute Gasteiger partial charge is 0.321 e. The van der Waals surface area contributed by atoms with Crippen molar-refractivity contribution in [3.8, 4) is 0 Å². The third kappa shape index (κ3) is 3.18. The minimum Gasteiger partial charge on any atom is -0.321 e. The lowest BCUT2D eigenvalue weighted by atomic mass is 10.1. The minimum atomic E-state index is -0.678. The fourth-order valence-electron chi connectivity index (χ4n) is 2.19. The molecule has 1 aromatic heterocycles. The molecule has 0 unspecified atom stereocenters. The van der Waals surface area contributed by atoms with E-state index in [1.807, 2.05) is 6.07 Å². The summed E-state index contributed by atoms with van der Waals surface area (Å²) in [7, 11) is 0. The van der Waals surface area contributed by atoms with Crippen molar-refractivity contribution >= 4 is 50.9 Å². The van der Waals surface area contributed by atoms with Crippen molar-refractivity contribution < 1.29 is 9.59 Å². The molecule has 0 bridgehead atoms. The average molecular weight is 345 g/mol. The monoisotopic (exact) mass is 344 g/mol. The lowest BCUT2D eigenvalue weighted by Crippen LogP contribution is -2.12. The molecule has 6 heteroatoms. The van der Waals surface area contributed by atoms with Crippen molar-refractivity contribution in [2.24, 2.45) is 0 Å². The fraction of sp³-hybridized carbons (Fsp3) is 0. The van der Waals surface area contributed by atoms with E-state index in [1.54, 1.807) is 42.6 Å². The van der Waals surface area contributed by atoms with E-state index >= 15 is 0 Å². The number of rotatable bonds is 3. The van der Waals surface area contributed by atoms with Gasteiger partial charge in [0.2, 0.25) is 0 Å². The maximum Gasteiger partial charge on any atom is 0.255 e. The Morgan fingerprint density at radius 1 is 1.04 bits per heavy atom. The van der Waals surface area contributed by atoms with E-state index in [0.29, 0.717) is 11.3 Å². The number of pyridine rings is 1. The number of aromatic nitrogens is 1. The molecule has 23 heavy (non-hydrogen) atoms. The standard InChI is InChI=1S/C17H10Cl2N2O2/c18-15-12(16(19)22)4-1-5-14(15)21-17(23)11-6-7-13-10(9-11)3-2-8-20-13/h1-9H,(H,21,23). The van der Waals surface area contributed by atoms with Gasteiger partial charge >= 0.3 is 0 Å². The van der Waals surface area contributed by atoms with Gasteiger partial charge in [-0.2, -0.15) is 0 Å². The number of carbonyl (C=O) groups excluding carboxylic acids is 2. The molecule has 0 aliphatic heterocycles. The predicted molar refractivity (Wildman–Crippen MR) is 91.3 cm³/mol. The Kier molecular flexibility index (Phi) is 4.28. The van der Waals surface area contributed by atoms with E-state index < -0.39 is 5.24 Å². The van der Waals surface area contributed by atoms with Gasteiger partial charge in [-0.1, -0.05) is 23.7 Å². The SMILES string of the molecule is O=C(Nc1cccc(C(=O)Cl)c1Cl)c1ccc2ncccc2c1. The second-order valence-corrected chi connectivity index (χ2v) is 5.53. The van der Waals surface area contributed by atoms with Crippen LogP contribution in [0.1, 0.15) is 20.7 Å². The molecule has 1 heterocycles. The summed E-state index contributed by atoms with van der Waals surface area (Å²) < 4.78 is 0. The maximum atomic E-state index is 12.4. The van der Waals surface area contributed by atoms with Crippen molar-refractivity contribution in [1.29, 1.82) is 0 Å². The van der Waals surface area contributed by atoms with Crippen molar-refractivity contribution in [3.63, 3.8) is 0 Å². The molecule has 114 valence electrons. The molecule has 2 aromatic carbocycles. The maximum absolute atomic E-state index is 12.4. The number of halogens is 2. The lowest BCUT2D eigenvalue weighted by Gasteiger charge is -2.09. The van der Waals surface area contributed by atoms with Crippen LogP contribution in [0.5, 0.6) is 0 Å². The van der Waals surface area contributed by atoms with E-state index in [4.69, 9.17) is 23.2 Å². The highest BCUT2D eigenvalue weighted by atomic mass is 35.5. The Balaban J connectivity index is 1.92. The third-order valence-corrected chi connectivity index (χ3v) is 3.93. The van der Waals surface area contributed by atoms with Crippen LogP contribution in [-0.4, -0.2) is 16.1 Å². The first-order chi connectivity index (χ1) is 11.1. The number of hydrogen-bond donors (Lipinski definition) is 1. The highest BCUT2D eigenvalue weighted by Crippen LogP contribution is 2.27. The lowest BCUT2D eigenvalue weighted by molar-refractivity contribution is 0.102. The number of carbonyl (C=O) groups is 2. The molecule has 0 saturated carbocycles. The van der Waals surface area contributed by atoms with Crippen LogP contribution in [0.15, 0.2) is 54.7 Å². The zero-order valence-corrected chi connectivity index (χ0v) is 13.2. The molecule has 0 fully saturated rings. The van der Waals surface area contributed by atoms with Crippen LogP contribution in [0.3, 0.4) is 0 Å². The molecule has 3 rings (SSSR count). The molecule has 1 N–H and O–H groups in total. The van der Waals surface area contributed by atoms with Gasteiger partial charge in [-0.15, -0.1) is 0 Å². The minimum absolute atomic E-state index is 0.114. The first kappa shape index (κ1) is 15.5. The highest BCUT2D eigenvalue weighted by molar-refractivity contribution is 6.69. The summed E-state index contributed by atoms with van der Waals surface area (Å²) in [5, 5.41) is 2.98. The van der Waals surface area contributed by atoms with Crippen molar-refractivity contribution in [1.82, 2.24) is 4.98 Å². The van der Waals surface area contributed by atoms with Gasteiger partial charge in [-0.3, -0.25) is 14.6 Å². The number of nitrogens with one attached hydrogen (secondary N) is 1. The van der Waals surface area contributed by atoms with Crippen LogP contribution in [0.4, 0.5) is 5.69 Å². The molecule has 0 saturated heterocycles. The molecule has 0 atom stereocenters. The molecule has 1 amide bonds. The number of anilines is 1. The summed E-state index contributed by atoms with van der Waals surface area (Å²) in [6, 6.07) is 13.6. The summed E-state index contributed by atoms with van der Waals surface area (Å²) in [5.74, 6) is -0.336. The van der Waals surface area contributed by atoms with Crippen LogP contribution < -0.4 is 5.32 Å². The van der Waals surface area contributed by atoms with E-state index in [0.717, 1.165) is 10.9 Å². The summed E-state index contributed by atoms with van der Waals surface area (Å²) >= 11 is 11.6. The van der Waals surface area contributed by atoms with Crippen LogP contribution >= 0.6 is 23.2 Å². The second kappa shape index (κ2) is 6.36. The molecule has 0 spiro atoms. The molecule has 3 aromatic rings. The van der Waals surface area contributed by atoms with Crippen molar-refractivity contribution in [2.45, 2.75) is 0 Å². The number of nitrogens with zero attached hydrogens (tertiary/aromatic N) is 1. The Morgan fingerprint density at radius 3 is 2.65 bits per heavy atom. The Morgan fingerprint density at radius 2 is 1.87 bits per heavy atom. The van der Waals surface area contributed by atoms with Crippen molar-refractivity contribution in [2.75, 3.05) is 5.32 Å². The van der Waals surface area contributed by atoms with Crippen molar-refractivity contribution in [3.05, 3.63) is 70.9 Å². The Hall–Kier alpha value is -2.43. The zero-order valence-electron chi connectivity index (χ0n) is 11.7. The van der Waals surface area contributed by atoms with Gasteiger partial charge in [0, 0.05) is 17.1 Å². The van der Waals surface area contributed by atoms with Crippen LogP contribution in [0, 0.1) is 0 Å². The molecule has 0 aliphatic carbocycles. The summed E-state index contributed by atoms with van der Waals surface area (Å²) in [6.45, 7) is 0. The average Bonchev–Trinajstić information content (AvgIpc) is 2.56. The van der Waals surface area contributed by atoms with Crippen LogP contribution in [0.25, 0.3) is 10.9 Å². The zero-order chi connectivity index (χ0) is 16.4. The van der Waals surface area contributed by atoms with E-state index in [9.17, 15) is 9.59 Å². The fourth-order valence-corrected chi connectivity index (χ4v) is 2.66. The van der Waals surface area contributed by atoms with Crippen LogP contribution in [0.2, 0.25) is 5.02 Å². The normalized spacial score (nSPS) is 10.5. The van der Waals surface area contributed by atoms with Gasteiger partial charge < -0.3 is 5.32 Å². The van der Waals surface area contributed by atoms with Gasteiger partial charge in [-0.25, -0.2) is 0 Å². The van der Waals surface area contributed by atoms with Gasteiger partial charge in [0.15, 0.2) is 0 Å². The van der Waals surface area contributed by atoms with Crippen LogP contribution in [-0.2, 0) is 0 Å². The summed E-state index contributed by atoms with van der Waals surface area (Å²) in [4.78, 5) is 27.9. The first-order valence-electron chi connectivity index (χ1n) is 6.71. The molecule has 0 radical (unpaired) electrons. The number of fused-ring (bicyclic) bond motifs is 1. The van der Waals surface area contributed by atoms with E-state index in [1.165, 1.54) is 6.07 Å². The smallest absolute Gasteiger partial charge is 0.255 e. The third-order valence-electron chi connectivity index (χ3n) is 3.32. The Bertz CT molecular complexity index is 925. The molecular weight excluding hydrogens is 335 g/mol. The van der Waals surface area contributed by atoms with Gasteiger partial charge in [-0.05, 0) is 48.0 Å². The molecule has 0 aliphatic rings. The van der Waals surface area contributed by atoms with E-state index in [-0.39, 0.29) is 16.5 Å². The topological polar surface area (TPSA) is 59.1 Å². The second-order valence-electron chi connectivity index (χ2n) is 4.81. The Labute approximate surface area is 142 Å². The highest BCUT2D eigenvalue weighted by Gasteiger charge is 2.14.